The lowest BCUT2D eigenvalue weighted by Gasteiger charge is -2.29. The van der Waals surface area contributed by atoms with Crippen LogP contribution in [0.4, 0.5) is 0 Å². The number of nitrogens with zero attached hydrogens (tertiary/aromatic N) is 1. The fourth-order valence-electron chi connectivity index (χ4n) is 1.83. The van der Waals surface area contributed by atoms with Crippen molar-refractivity contribution < 1.29 is 13.2 Å². The Hall–Kier alpha value is -0.620. The summed E-state index contributed by atoms with van der Waals surface area (Å²) >= 11 is 0. The van der Waals surface area contributed by atoms with Crippen LogP contribution in [0.5, 0.6) is 0 Å². The van der Waals surface area contributed by atoms with E-state index < -0.39 is 15.1 Å². The van der Waals surface area contributed by atoms with Crippen molar-refractivity contribution in [3.63, 3.8) is 0 Å². The highest BCUT2D eigenvalue weighted by atomic mass is 32.2. The summed E-state index contributed by atoms with van der Waals surface area (Å²) in [5.74, 6) is -0.175. The smallest absolute Gasteiger partial charge is 0.240 e. The van der Waals surface area contributed by atoms with Crippen molar-refractivity contribution in [2.24, 2.45) is 5.73 Å². The van der Waals surface area contributed by atoms with Gasteiger partial charge in [0.1, 0.15) is 5.25 Å². The van der Waals surface area contributed by atoms with E-state index in [1.807, 2.05) is 6.92 Å². The van der Waals surface area contributed by atoms with E-state index in [-0.39, 0.29) is 17.7 Å². The summed E-state index contributed by atoms with van der Waals surface area (Å²) in [6, 6.07) is -0.121. The Labute approximate surface area is 96.9 Å². The van der Waals surface area contributed by atoms with Gasteiger partial charge in [-0.1, -0.05) is 6.42 Å². The van der Waals surface area contributed by atoms with Crippen LogP contribution in [0.25, 0.3) is 0 Å². The van der Waals surface area contributed by atoms with Crippen LogP contribution in [-0.2, 0) is 14.6 Å². The van der Waals surface area contributed by atoms with Crippen LogP contribution >= 0.6 is 0 Å². The number of carbonyl (C=O) groups excluding carboxylic acids is 1. The molecule has 94 valence electrons. The summed E-state index contributed by atoms with van der Waals surface area (Å²) in [4.78, 5) is 13.5. The van der Waals surface area contributed by atoms with Crippen LogP contribution < -0.4 is 5.73 Å². The van der Waals surface area contributed by atoms with Gasteiger partial charge in [-0.15, -0.1) is 0 Å². The maximum absolute atomic E-state index is 12.0. The summed E-state index contributed by atoms with van der Waals surface area (Å²) < 4.78 is 23.5. The molecule has 1 rings (SSSR count). The van der Waals surface area contributed by atoms with E-state index in [4.69, 9.17) is 5.73 Å². The molecule has 1 aliphatic heterocycles. The molecule has 0 aromatic carbocycles. The Morgan fingerprint density at radius 1 is 1.50 bits per heavy atom. The van der Waals surface area contributed by atoms with E-state index in [0.29, 0.717) is 19.4 Å². The quantitative estimate of drug-likeness (QED) is 0.747. The number of sulfone groups is 1. The lowest BCUT2D eigenvalue weighted by Crippen LogP contribution is -2.48. The number of carbonyl (C=O) groups is 1. The number of nitrogens with two attached hydrogens (primary N) is 1. The number of hydrogen-bond donors (Lipinski definition) is 1. The average molecular weight is 248 g/mol. The van der Waals surface area contributed by atoms with Crippen molar-refractivity contribution in [2.45, 2.75) is 37.5 Å². The largest absolute Gasteiger partial charge is 0.341 e. The molecular formula is C10H20N2O3S. The zero-order chi connectivity index (χ0) is 12.3. The van der Waals surface area contributed by atoms with Crippen LogP contribution in [0.3, 0.4) is 0 Å². The molecule has 0 aromatic rings. The normalized spacial score (nSPS) is 26.1. The Balaban J connectivity index is 2.80. The predicted molar refractivity (Wildman–Crippen MR) is 62.7 cm³/mol. The third kappa shape index (κ3) is 2.74. The SMILES string of the molecule is CC(CN)N(C)C(=O)C1CCCCS1(=O)=O. The predicted octanol–water partition coefficient (Wildman–Crippen LogP) is -0.241. The highest BCUT2D eigenvalue weighted by Crippen LogP contribution is 2.21. The summed E-state index contributed by atoms with van der Waals surface area (Å²) in [5.41, 5.74) is 5.46. The molecule has 1 saturated heterocycles. The minimum Gasteiger partial charge on any atom is -0.341 e. The van der Waals surface area contributed by atoms with Crippen molar-refractivity contribution in [1.29, 1.82) is 0 Å². The molecule has 6 heteroatoms. The summed E-state index contributed by atoms with van der Waals surface area (Å²) in [6.07, 6.45) is 1.92. The zero-order valence-electron chi connectivity index (χ0n) is 9.85. The van der Waals surface area contributed by atoms with Crippen molar-refractivity contribution >= 4 is 15.7 Å². The molecule has 0 radical (unpaired) electrons. The second-order valence-corrected chi connectivity index (χ2v) is 6.69. The minimum absolute atomic E-state index is 0.121. The van der Waals surface area contributed by atoms with Gasteiger partial charge in [0.2, 0.25) is 5.91 Å². The lowest BCUT2D eigenvalue weighted by molar-refractivity contribution is -0.131. The molecule has 0 saturated carbocycles. The van der Waals surface area contributed by atoms with Gasteiger partial charge in [0, 0.05) is 19.6 Å². The van der Waals surface area contributed by atoms with Gasteiger partial charge in [-0.3, -0.25) is 4.79 Å². The molecule has 5 nitrogen and oxygen atoms in total. The average Bonchev–Trinajstić information content (AvgIpc) is 2.25. The summed E-state index contributed by atoms with van der Waals surface area (Å²) in [7, 11) is -1.63. The lowest BCUT2D eigenvalue weighted by atomic mass is 10.1. The van der Waals surface area contributed by atoms with Gasteiger partial charge in [-0.25, -0.2) is 8.42 Å². The molecule has 2 N–H and O–H groups in total. The second kappa shape index (κ2) is 5.14. The maximum atomic E-state index is 12.0. The first-order valence-corrected chi connectivity index (χ1v) is 7.30. The minimum atomic E-state index is -3.24. The van der Waals surface area contributed by atoms with E-state index in [1.165, 1.54) is 4.90 Å². The highest BCUT2D eigenvalue weighted by molar-refractivity contribution is 7.92. The Kier molecular flexibility index (Phi) is 4.32. The standard InChI is InChI=1S/C10H20N2O3S/c1-8(7-11)12(2)10(13)9-5-3-4-6-16(9,14)15/h8-9H,3-7,11H2,1-2H3. The molecule has 2 atom stereocenters. The third-order valence-electron chi connectivity index (χ3n) is 3.20. The molecule has 0 aliphatic carbocycles. The van der Waals surface area contributed by atoms with Gasteiger partial charge in [0.15, 0.2) is 9.84 Å². The van der Waals surface area contributed by atoms with E-state index in [2.05, 4.69) is 0 Å². The molecule has 0 spiro atoms. The highest BCUT2D eigenvalue weighted by Gasteiger charge is 2.37. The van der Waals surface area contributed by atoms with Crippen molar-refractivity contribution in [3.05, 3.63) is 0 Å². The van der Waals surface area contributed by atoms with E-state index in [0.717, 1.165) is 6.42 Å². The third-order valence-corrected chi connectivity index (χ3v) is 5.37. The van der Waals surface area contributed by atoms with E-state index in [1.54, 1.807) is 7.05 Å². The number of amides is 1. The van der Waals surface area contributed by atoms with Gasteiger partial charge < -0.3 is 10.6 Å². The summed E-state index contributed by atoms with van der Waals surface area (Å²) in [5, 5.41) is -0.847. The Morgan fingerprint density at radius 2 is 2.12 bits per heavy atom. The number of rotatable bonds is 3. The molecular weight excluding hydrogens is 228 g/mol. The second-order valence-electron chi connectivity index (χ2n) is 4.39. The van der Waals surface area contributed by atoms with Gasteiger partial charge >= 0.3 is 0 Å². The maximum Gasteiger partial charge on any atom is 0.240 e. The van der Waals surface area contributed by atoms with Gasteiger partial charge in [-0.2, -0.15) is 0 Å². The first-order chi connectivity index (χ1) is 7.40. The number of hydrogen-bond acceptors (Lipinski definition) is 4. The molecule has 1 amide bonds. The van der Waals surface area contributed by atoms with Crippen LogP contribution in [0.1, 0.15) is 26.2 Å². The summed E-state index contributed by atoms with van der Waals surface area (Å²) in [6.45, 7) is 2.16. The monoisotopic (exact) mass is 248 g/mol. The first kappa shape index (κ1) is 13.4. The fourth-order valence-corrected chi connectivity index (χ4v) is 3.72. The van der Waals surface area contributed by atoms with Gasteiger partial charge in [-0.05, 0) is 19.8 Å². The molecule has 0 bridgehead atoms. The van der Waals surface area contributed by atoms with Gasteiger partial charge in [0.25, 0.3) is 0 Å². The van der Waals surface area contributed by atoms with Crippen LogP contribution in [0.2, 0.25) is 0 Å². The van der Waals surface area contributed by atoms with E-state index in [9.17, 15) is 13.2 Å². The Morgan fingerprint density at radius 3 is 2.62 bits per heavy atom. The van der Waals surface area contributed by atoms with Crippen molar-refractivity contribution in [3.8, 4) is 0 Å². The van der Waals surface area contributed by atoms with Crippen LogP contribution in [0.15, 0.2) is 0 Å². The number of likely N-dealkylation sites (N-methyl/N-ethyl adjacent to an activating group) is 1. The van der Waals surface area contributed by atoms with Crippen molar-refractivity contribution in [1.82, 2.24) is 4.90 Å². The molecule has 2 unspecified atom stereocenters. The molecule has 1 aliphatic rings. The molecule has 0 aromatic heterocycles. The molecule has 1 fully saturated rings. The van der Waals surface area contributed by atoms with Crippen LogP contribution in [-0.4, -0.2) is 49.9 Å². The fraction of sp³-hybridized carbons (Fsp3) is 0.900. The van der Waals surface area contributed by atoms with Crippen LogP contribution in [0, 0.1) is 0 Å². The van der Waals surface area contributed by atoms with E-state index >= 15 is 0 Å². The topological polar surface area (TPSA) is 80.5 Å². The van der Waals surface area contributed by atoms with Gasteiger partial charge in [0.05, 0.1) is 5.75 Å². The molecule has 16 heavy (non-hydrogen) atoms. The Bertz CT molecular complexity index is 353. The zero-order valence-corrected chi connectivity index (χ0v) is 10.7. The first-order valence-electron chi connectivity index (χ1n) is 5.58. The molecule has 1 heterocycles. The van der Waals surface area contributed by atoms with Crippen molar-refractivity contribution in [2.75, 3.05) is 19.3 Å².